The van der Waals surface area contributed by atoms with Gasteiger partial charge in [0.25, 0.3) is 0 Å². The van der Waals surface area contributed by atoms with E-state index in [1.54, 1.807) is 6.26 Å². The van der Waals surface area contributed by atoms with Crippen molar-refractivity contribution in [1.82, 2.24) is 30.6 Å². The van der Waals surface area contributed by atoms with E-state index in [0.717, 1.165) is 95.3 Å². The van der Waals surface area contributed by atoms with Crippen LogP contribution in [0, 0.1) is 0 Å². The Labute approximate surface area is 205 Å². The molecule has 3 aromatic heterocycles. The summed E-state index contributed by atoms with van der Waals surface area (Å²) in [5.41, 5.74) is 7.26. The van der Waals surface area contributed by atoms with Crippen LogP contribution in [0.15, 0.2) is 65.5 Å². The maximum absolute atomic E-state index is 5.93. The molecule has 3 heterocycles. The summed E-state index contributed by atoms with van der Waals surface area (Å²) in [7, 11) is 0. The van der Waals surface area contributed by atoms with Crippen molar-refractivity contribution in [2.75, 3.05) is 13.1 Å². The minimum atomic E-state index is 0.729. The minimum absolute atomic E-state index is 0.729. The predicted octanol–water partition coefficient (Wildman–Crippen LogP) is 5.88. The average molecular weight is 469 g/mol. The Balaban J connectivity index is 1.37. The first-order chi connectivity index (χ1) is 17.3. The molecule has 35 heavy (non-hydrogen) atoms. The van der Waals surface area contributed by atoms with Crippen molar-refractivity contribution in [3.8, 4) is 33.6 Å². The molecule has 5 aromatic rings. The number of hydrogen-bond donors (Lipinski definition) is 4. The van der Waals surface area contributed by atoms with Gasteiger partial charge >= 0.3 is 0 Å². The number of rotatable bonds is 11. The highest BCUT2D eigenvalue weighted by atomic mass is 16.3. The molecule has 5 rings (SSSR count). The van der Waals surface area contributed by atoms with E-state index in [2.05, 4.69) is 80.8 Å². The van der Waals surface area contributed by atoms with Gasteiger partial charge in [-0.3, -0.25) is 0 Å². The SMILES string of the molecule is CCCNCc1ncc(-c2ccc(-c3ccc(-c4cnc(CNCCC)[nH]4)c4occc34)cc2)[nH]1. The Morgan fingerprint density at radius 3 is 2.00 bits per heavy atom. The lowest BCUT2D eigenvalue weighted by Gasteiger charge is -2.08. The minimum Gasteiger partial charge on any atom is -0.464 e. The Kier molecular flexibility index (Phi) is 7.07. The van der Waals surface area contributed by atoms with Crippen LogP contribution in [0.5, 0.6) is 0 Å². The fourth-order valence-electron chi connectivity index (χ4n) is 4.31. The second-order valence-electron chi connectivity index (χ2n) is 8.74. The maximum Gasteiger partial charge on any atom is 0.143 e. The van der Waals surface area contributed by atoms with Gasteiger partial charge in [-0.25, -0.2) is 9.97 Å². The molecule has 0 aliphatic rings. The highest BCUT2D eigenvalue weighted by Gasteiger charge is 2.14. The first-order valence-corrected chi connectivity index (χ1v) is 12.4. The standard InChI is InChI=1S/C28H32N6O/c1-3-12-29-17-26-31-15-24(33-26)20-7-5-19(6-8-20)21-9-10-23(28-22(21)11-14-35-28)25-16-32-27(34-25)18-30-13-4-2/h5-11,14-16,29-30H,3-4,12-13,17-18H2,1-2H3,(H,31,33)(H,32,34). The lowest BCUT2D eigenvalue weighted by atomic mass is 9.97. The lowest BCUT2D eigenvalue weighted by Crippen LogP contribution is -2.14. The molecule has 7 heteroatoms. The first-order valence-electron chi connectivity index (χ1n) is 12.4. The van der Waals surface area contributed by atoms with E-state index in [-0.39, 0.29) is 0 Å². The summed E-state index contributed by atoms with van der Waals surface area (Å²) in [6, 6.07) is 14.9. The summed E-state index contributed by atoms with van der Waals surface area (Å²) in [5, 5.41) is 7.84. The van der Waals surface area contributed by atoms with Crippen molar-refractivity contribution < 1.29 is 4.42 Å². The van der Waals surface area contributed by atoms with E-state index < -0.39 is 0 Å². The van der Waals surface area contributed by atoms with Gasteiger partial charge in [0, 0.05) is 10.9 Å². The fourth-order valence-corrected chi connectivity index (χ4v) is 4.31. The Morgan fingerprint density at radius 2 is 1.31 bits per heavy atom. The molecule has 0 aliphatic carbocycles. The number of nitrogens with zero attached hydrogens (tertiary/aromatic N) is 2. The molecule has 0 saturated carbocycles. The van der Waals surface area contributed by atoms with Crippen LogP contribution in [0.1, 0.15) is 38.3 Å². The molecule has 0 radical (unpaired) electrons. The van der Waals surface area contributed by atoms with Crippen molar-refractivity contribution in [3.05, 3.63) is 72.8 Å². The van der Waals surface area contributed by atoms with Crippen LogP contribution in [0.2, 0.25) is 0 Å². The predicted molar refractivity (Wildman–Crippen MR) is 141 cm³/mol. The van der Waals surface area contributed by atoms with E-state index >= 15 is 0 Å². The van der Waals surface area contributed by atoms with Gasteiger partial charge in [-0.05, 0) is 54.8 Å². The van der Waals surface area contributed by atoms with E-state index in [1.807, 2.05) is 18.5 Å². The Bertz CT molecular complexity index is 1380. The van der Waals surface area contributed by atoms with Gasteiger partial charge in [0.1, 0.15) is 17.2 Å². The van der Waals surface area contributed by atoms with Crippen LogP contribution in [0.25, 0.3) is 44.6 Å². The maximum atomic E-state index is 5.93. The van der Waals surface area contributed by atoms with Crippen molar-refractivity contribution in [1.29, 1.82) is 0 Å². The highest BCUT2D eigenvalue weighted by molar-refractivity contribution is 6.01. The third kappa shape index (κ3) is 5.06. The van der Waals surface area contributed by atoms with Gasteiger partial charge in [-0.1, -0.05) is 44.2 Å². The number of imidazole rings is 2. The van der Waals surface area contributed by atoms with Gasteiger partial charge in [-0.15, -0.1) is 0 Å². The van der Waals surface area contributed by atoms with Crippen LogP contribution in [0.4, 0.5) is 0 Å². The summed E-state index contributed by atoms with van der Waals surface area (Å²) in [6.45, 7) is 7.76. The zero-order valence-electron chi connectivity index (χ0n) is 20.3. The monoisotopic (exact) mass is 468 g/mol. The zero-order valence-corrected chi connectivity index (χ0v) is 20.3. The van der Waals surface area contributed by atoms with Crippen molar-refractivity contribution in [2.24, 2.45) is 0 Å². The molecule has 4 N–H and O–H groups in total. The topological polar surface area (TPSA) is 94.6 Å². The molecule has 0 aliphatic heterocycles. The first kappa shape index (κ1) is 23.1. The largest absolute Gasteiger partial charge is 0.464 e. The molecule has 0 bridgehead atoms. The number of nitrogens with one attached hydrogen (secondary N) is 4. The lowest BCUT2D eigenvalue weighted by molar-refractivity contribution is 0.616. The number of aromatic amines is 2. The quantitative estimate of drug-likeness (QED) is 0.182. The molecule has 0 fully saturated rings. The number of H-pyrrole nitrogens is 2. The molecule has 0 amide bonds. The number of fused-ring (bicyclic) bond motifs is 1. The second-order valence-corrected chi connectivity index (χ2v) is 8.74. The summed E-state index contributed by atoms with van der Waals surface area (Å²) < 4.78 is 5.93. The van der Waals surface area contributed by atoms with Crippen LogP contribution < -0.4 is 10.6 Å². The van der Waals surface area contributed by atoms with E-state index in [0.29, 0.717) is 0 Å². The number of benzene rings is 2. The van der Waals surface area contributed by atoms with Gasteiger partial charge in [0.2, 0.25) is 0 Å². The van der Waals surface area contributed by atoms with Crippen molar-refractivity contribution in [2.45, 2.75) is 39.8 Å². The summed E-state index contributed by atoms with van der Waals surface area (Å²) in [4.78, 5) is 15.9. The smallest absolute Gasteiger partial charge is 0.143 e. The third-order valence-electron chi connectivity index (χ3n) is 6.11. The summed E-state index contributed by atoms with van der Waals surface area (Å²) >= 11 is 0. The molecule has 180 valence electrons. The van der Waals surface area contributed by atoms with Crippen LogP contribution in [0.3, 0.4) is 0 Å². The highest BCUT2D eigenvalue weighted by Crippen LogP contribution is 2.36. The fraction of sp³-hybridized carbons (Fsp3) is 0.286. The molecule has 2 aromatic carbocycles. The molecule has 0 saturated heterocycles. The normalized spacial score (nSPS) is 11.5. The average Bonchev–Trinajstić information content (AvgIpc) is 3.65. The molecular formula is C28H32N6O. The molecule has 0 unspecified atom stereocenters. The Hall–Kier alpha value is -3.68. The van der Waals surface area contributed by atoms with Crippen molar-refractivity contribution >= 4 is 11.0 Å². The molecule has 0 spiro atoms. The second kappa shape index (κ2) is 10.7. The van der Waals surface area contributed by atoms with E-state index in [1.165, 1.54) is 0 Å². The van der Waals surface area contributed by atoms with Crippen LogP contribution in [-0.2, 0) is 13.1 Å². The third-order valence-corrected chi connectivity index (χ3v) is 6.11. The van der Waals surface area contributed by atoms with Gasteiger partial charge in [0.05, 0.1) is 43.1 Å². The zero-order chi connectivity index (χ0) is 24.0. The molecular weight excluding hydrogens is 436 g/mol. The van der Waals surface area contributed by atoms with E-state index in [9.17, 15) is 0 Å². The van der Waals surface area contributed by atoms with Crippen LogP contribution in [-0.4, -0.2) is 33.0 Å². The number of furan rings is 1. The van der Waals surface area contributed by atoms with Gasteiger partial charge in [0.15, 0.2) is 0 Å². The van der Waals surface area contributed by atoms with Crippen LogP contribution >= 0.6 is 0 Å². The van der Waals surface area contributed by atoms with Gasteiger partial charge in [-0.2, -0.15) is 0 Å². The molecule has 7 nitrogen and oxygen atoms in total. The number of aromatic nitrogens is 4. The Morgan fingerprint density at radius 1 is 0.714 bits per heavy atom. The summed E-state index contributed by atoms with van der Waals surface area (Å²) in [5.74, 6) is 1.88. The van der Waals surface area contributed by atoms with Gasteiger partial charge < -0.3 is 25.0 Å². The van der Waals surface area contributed by atoms with Crippen molar-refractivity contribution in [3.63, 3.8) is 0 Å². The number of hydrogen-bond acceptors (Lipinski definition) is 5. The van der Waals surface area contributed by atoms with E-state index in [4.69, 9.17) is 4.42 Å². The summed E-state index contributed by atoms with van der Waals surface area (Å²) in [6.07, 6.45) is 7.75. The molecule has 0 atom stereocenters.